The number of aryl methyl sites for hydroxylation is 2. The SMILES string of the molecule is Cc1cc(NC(=O)Cn2nnc3ccccc3c2=O)c([N+](=O)[O-])cc1C. The summed E-state index contributed by atoms with van der Waals surface area (Å²) in [4.78, 5) is 35.3. The van der Waals surface area contributed by atoms with Gasteiger partial charge in [0.15, 0.2) is 0 Å². The Kier molecular flexibility index (Phi) is 4.44. The van der Waals surface area contributed by atoms with Crippen LogP contribution in [0.3, 0.4) is 0 Å². The summed E-state index contributed by atoms with van der Waals surface area (Å²) < 4.78 is 0.921. The molecule has 0 radical (unpaired) electrons. The molecule has 0 atom stereocenters. The minimum absolute atomic E-state index is 0.0740. The second-order valence-electron chi connectivity index (χ2n) is 5.83. The molecule has 0 unspecified atom stereocenters. The molecule has 1 aromatic heterocycles. The van der Waals surface area contributed by atoms with E-state index in [1.54, 1.807) is 38.1 Å². The van der Waals surface area contributed by atoms with Gasteiger partial charge in [-0.05, 0) is 43.2 Å². The fourth-order valence-corrected chi connectivity index (χ4v) is 2.50. The van der Waals surface area contributed by atoms with Crippen molar-refractivity contribution in [3.63, 3.8) is 0 Å². The van der Waals surface area contributed by atoms with Crippen LogP contribution in [0.2, 0.25) is 0 Å². The Morgan fingerprint density at radius 1 is 1.23 bits per heavy atom. The van der Waals surface area contributed by atoms with Crippen molar-refractivity contribution in [1.29, 1.82) is 0 Å². The van der Waals surface area contributed by atoms with Crippen LogP contribution < -0.4 is 10.9 Å². The minimum Gasteiger partial charge on any atom is -0.319 e. The van der Waals surface area contributed by atoms with Crippen molar-refractivity contribution in [3.05, 3.63) is 68.0 Å². The Hall–Kier alpha value is -3.62. The fraction of sp³-hybridized carbons (Fsp3) is 0.176. The lowest BCUT2D eigenvalue weighted by molar-refractivity contribution is -0.384. The number of anilines is 1. The van der Waals surface area contributed by atoms with Gasteiger partial charge in [-0.3, -0.25) is 19.7 Å². The highest BCUT2D eigenvalue weighted by molar-refractivity contribution is 5.93. The Morgan fingerprint density at radius 3 is 2.65 bits per heavy atom. The number of hydrogen-bond acceptors (Lipinski definition) is 6. The molecule has 132 valence electrons. The number of amides is 1. The molecule has 1 amide bonds. The van der Waals surface area contributed by atoms with Crippen LogP contribution in [0.1, 0.15) is 11.1 Å². The fourth-order valence-electron chi connectivity index (χ4n) is 2.50. The summed E-state index contributed by atoms with van der Waals surface area (Å²) in [6, 6.07) is 9.58. The van der Waals surface area contributed by atoms with E-state index in [-0.39, 0.29) is 11.4 Å². The maximum absolute atomic E-state index is 12.4. The summed E-state index contributed by atoms with van der Waals surface area (Å²) in [7, 11) is 0. The summed E-state index contributed by atoms with van der Waals surface area (Å²) >= 11 is 0. The number of nitrogens with zero attached hydrogens (tertiary/aromatic N) is 4. The molecule has 1 heterocycles. The molecule has 0 aliphatic rings. The van der Waals surface area contributed by atoms with Crippen LogP contribution in [0, 0.1) is 24.0 Å². The van der Waals surface area contributed by atoms with E-state index in [2.05, 4.69) is 15.6 Å². The van der Waals surface area contributed by atoms with Gasteiger partial charge in [0, 0.05) is 6.07 Å². The van der Waals surface area contributed by atoms with Crippen LogP contribution in [-0.2, 0) is 11.3 Å². The van der Waals surface area contributed by atoms with Gasteiger partial charge < -0.3 is 5.32 Å². The van der Waals surface area contributed by atoms with E-state index >= 15 is 0 Å². The summed E-state index contributed by atoms with van der Waals surface area (Å²) in [6.45, 7) is 3.13. The quantitative estimate of drug-likeness (QED) is 0.565. The maximum atomic E-state index is 12.4. The summed E-state index contributed by atoms with van der Waals surface area (Å²) in [5, 5.41) is 21.7. The van der Waals surface area contributed by atoms with Gasteiger partial charge in [-0.15, -0.1) is 5.10 Å². The highest BCUT2D eigenvalue weighted by Crippen LogP contribution is 2.27. The molecule has 0 fully saturated rings. The van der Waals surface area contributed by atoms with Crippen molar-refractivity contribution in [1.82, 2.24) is 15.0 Å². The second kappa shape index (κ2) is 6.71. The average Bonchev–Trinajstić information content (AvgIpc) is 2.60. The Morgan fingerprint density at radius 2 is 1.92 bits per heavy atom. The zero-order valence-corrected chi connectivity index (χ0v) is 14.1. The first-order valence-electron chi connectivity index (χ1n) is 7.75. The van der Waals surface area contributed by atoms with Crippen molar-refractivity contribution in [2.45, 2.75) is 20.4 Å². The lowest BCUT2D eigenvalue weighted by atomic mass is 10.1. The molecule has 9 heteroatoms. The standard InChI is InChI=1S/C17H15N5O4/c1-10-7-14(15(22(25)26)8-11(10)2)18-16(23)9-21-17(24)12-5-3-4-6-13(12)19-20-21/h3-8H,9H2,1-2H3,(H,18,23). The zero-order valence-electron chi connectivity index (χ0n) is 14.1. The first-order chi connectivity index (χ1) is 12.4. The average molecular weight is 353 g/mol. The first-order valence-corrected chi connectivity index (χ1v) is 7.75. The Balaban J connectivity index is 1.89. The number of nitrogens with one attached hydrogen (secondary N) is 1. The summed E-state index contributed by atoms with van der Waals surface area (Å²) in [5.41, 5.74) is 1.38. The topological polar surface area (TPSA) is 120 Å². The van der Waals surface area contributed by atoms with Crippen molar-refractivity contribution >= 4 is 28.2 Å². The van der Waals surface area contributed by atoms with Crippen LogP contribution in [0.4, 0.5) is 11.4 Å². The lowest BCUT2D eigenvalue weighted by Gasteiger charge is -2.09. The number of carbonyl (C=O) groups is 1. The molecule has 9 nitrogen and oxygen atoms in total. The molecule has 0 saturated carbocycles. The molecular weight excluding hydrogens is 338 g/mol. The van der Waals surface area contributed by atoms with E-state index in [4.69, 9.17) is 0 Å². The van der Waals surface area contributed by atoms with E-state index in [1.807, 2.05) is 0 Å². The minimum atomic E-state index is -0.608. The zero-order chi connectivity index (χ0) is 18.8. The molecule has 0 bridgehead atoms. The third-order valence-corrected chi connectivity index (χ3v) is 4.01. The van der Waals surface area contributed by atoms with Gasteiger partial charge in [0.05, 0.1) is 10.3 Å². The van der Waals surface area contributed by atoms with Crippen molar-refractivity contribution < 1.29 is 9.72 Å². The first kappa shape index (κ1) is 17.2. The number of rotatable bonds is 4. The third-order valence-electron chi connectivity index (χ3n) is 4.01. The normalized spacial score (nSPS) is 10.7. The Labute approximate surface area is 147 Å². The lowest BCUT2D eigenvalue weighted by Crippen LogP contribution is -2.30. The third kappa shape index (κ3) is 3.27. The second-order valence-corrected chi connectivity index (χ2v) is 5.83. The van der Waals surface area contributed by atoms with Gasteiger partial charge in [-0.2, -0.15) is 0 Å². The smallest absolute Gasteiger partial charge is 0.293 e. The van der Waals surface area contributed by atoms with E-state index < -0.39 is 22.9 Å². The molecule has 2 aromatic carbocycles. The number of fused-ring (bicyclic) bond motifs is 1. The van der Waals surface area contributed by atoms with Crippen LogP contribution in [0.25, 0.3) is 10.9 Å². The predicted octanol–water partition coefficient (Wildman–Crippen LogP) is 1.96. The predicted molar refractivity (Wildman–Crippen MR) is 95.0 cm³/mol. The van der Waals surface area contributed by atoms with E-state index in [0.29, 0.717) is 10.9 Å². The van der Waals surface area contributed by atoms with Crippen LogP contribution in [0.5, 0.6) is 0 Å². The van der Waals surface area contributed by atoms with Crippen molar-refractivity contribution in [2.75, 3.05) is 5.32 Å². The number of benzene rings is 2. The largest absolute Gasteiger partial charge is 0.319 e. The molecule has 3 rings (SSSR count). The van der Waals surface area contributed by atoms with Gasteiger partial charge in [0.2, 0.25) is 5.91 Å². The number of nitro benzene ring substituents is 1. The number of aromatic nitrogens is 3. The highest BCUT2D eigenvalue weighted by Gasteiger charge is 2.18. The van der Waals surface area contributed by atoms with E-state index in [0.717, 1.165) is 15.8 Å². The van der Waals surface area contributed by atoms with E-state index in [9.17, 15) is 19.7 Å². The summed E-state index contributed by atoms with van der Waals surface area (Å²) in [6.07, 6.45) is 0. The number of nitro groups is 1. The van der Waals surface area contributed by atoms with Gasteiger partial charge in [0.1, 0.15) is 17.7 Å². The van der Waals surface area contributed by atoms with Crippen LogP contribution in [0.15, 0.2) is 41.2 Å². The van der Waals surface area contributed by atoms with Gasteiger partial charge >= 0.3 is 0 Å². The molecule has 0 saturated heterocycles. The molecule has 3 aromatic rings. The molecule has 26 heavy (non-hydrogen) atoms. The molecule has 1 N–H and O–H groups in total. The number of carbonyl (C=O) groups excluding carboxylic acids is 1. The molecule has 0 aliphatic heterocycles. The van der Waals surface area contributed by atoms with Crippen LogP contribution >= 0.6 is 0 Å². The summed E-state index contributed by atoms with van der Waals surface area (Å²) in [5.74, 6) is -0.608. The Bertz CT molecular complexity index is 1090. The molecule has 0 aliphatic carbocycles. The van der Waals surface area contributed by atoms with Crippen molar-refractivity contribution in [3.8, 4) is 0 Å². The molecular formula is C17H15N5O4. The monoisotopic (exact) mass is 353 g/mol. The van der Waals surface area contributed by atoms with Gasteiger partial charge in [-0.25, -0.2) is 4.68 Å². The van der Waals surface area contributed by atoms with Crippen LogP contribution in [-0.4, -0.2) is 25.8 Å². The van der Waals surface area contributed by atoms with E-state index in [1.165, 1.54) is 12.1 Å². The van der Waals surface area contributed by atoms with Crippen molar-refractivity contribution in [2.24, 2.45) is 0 Å². The number of hydrogen-bond donors (Lipinski definition) is 1. The molecule has 0 spiro atoms. The van der Waals surface area contributed by atoms with Gasteiger partial charge in [0.25, 0.3) is 11.2 Å². The maximum Gasteiger partial charge on any atom is 0.293 e. The van der Waals surface area contributed by atoms with Gasteiger partial charge in [-0.1, -0.05) is 17.3 Å². The highest BCUT2D eigenvalue weighted by atomic mass is 16.6.